The number of carbonyl (C=O) groups is 1. The van der Waals surface area contributed by atoms with Crippen molar-refractivity contribution in [1.29, 1.82) is 0 Å². The number of piperidine rings is 1. The van der Waals surface area contributed by atoms with Crippen molar-refractivity contribution in [2.75, 3.05) is 32.0 Å². The van der Waals surface area contributed by atoms with Gasteiger partial charge in [-0.2, -0.15) is 13.2 Å². The Morgan fingerprint density at radius 3 is 2.18 bits per heavy atom. The molecule has 1 aliphatic carbocycles. The lowest BCUT2D eigenvalue weighted by Crippen LogP contribution is -2.50. The molecule has 0 atom stereocenters. The first-order chi connectivity index (χ1) is 15.4. The molecule has 0 radical (unpaired) electrons. The quantitative estimate of drug-likeness (QED) is 0.560. The molecule has 2 fully saturated rings. The molecule has 33 heavy (non-hydrogen) atoms. The van der Waals surface area contributed by atoms with Crippen LogP contribution >= 0.6 is 0 Å². The maximum Gasteiger partial charge on any atom is 0.403 e. The van der Waals surface area contributed by atoms with Crippen LogP contribution in [0.2, 0.25) is 0 Å². The smallest absolute Gasteiger partial charge is 0.403 e. The summed E-state index contributed by atoms with van der Waals surface area (Å²) >= 11 is 0. The fraction of sp³-hybridized carbons (Fsp3) is 0.591. The van der Waals surface area contributed by atoms with Gasteiger partial charge in [0.25, 0.3) is 0 Å². The van der Waals surface area contributed by atoms with Crippen LogP contribution in [-0.2, 0) is 14.6 Å². The van der Waals surface area contributed by atoms with Crippen LogP contribution in [0.5, 0.6) is 5.75 Å². The highest BCUT2D eigenvalue weighted by molar-refractivity contribution is 7.91. The number of carbonyl (C=O) groups excluding carboxylic acids is 1. The molecule has 1 aliphatic heterocycles. The lowest BCUT2D eigenvalue weighted by atomic mass is 9.82. The third-order valence-electron chi connectivity index (χ3n) is 6.52. The molecule has 0 unspecified atom stereocenters. The number of amides is 1. The second-order valence-corrected chi connectivity index (χ2v) is 11.2. The van der Waals surface area contributed by atoms with Gasteiger partial charge in [0, 0.05) is 25.2 Å². The minimum absolute atomic E-state index is 0.00175. The molecule has 0 bridgehead atoms. The van der Waals surface area contributed by atoms with E-state index >= 15 is 0 Å². The van der Waals surface area contributed by atoms with Crippen LogP contribution < -0.4 is 10.5 Å². The van der Waals surface area contributed by atoms with E-state index in [1.54, 1.807) is 6.92 Å². The number of ether oxygens (including phenoxy) is 1. The fourth-order valence-corrected chi connectivity index (χ4v) is 5.96. The topological polar surface area (TPSA) is 89.7 Å². The minimum atomic E-state index is -4.56. The second-order valence-electron chi connectivity index (χ2n) is 9.17. The molecule has 1 saturated heterocycles. The number of nitrogens with zero attached hydrogens (tertiary/aromatic N) is 1. The molecule has 11 heteroatoms. The van der Waals surface area contributed by atoms with Gasteiger partial charge in [0.15, 0.2) is 9.84 Å². The molecule has 3 rings (SSSR count). The molecule has 1 aromatic rings. The van der Waals surface area contributed by atoms with Crippen molar-refractivity contribution >= 4 is 15.7 Å². The van der Waals surface area contributed by atoms with Crippen molar-refractivity contribution in [2.24, 2.45) is 16.6 Å². The van der Waals surface area contributed by atoms with Crippen LogP contribution in [0.15, 0.2) is 41.1 Å². The fourth-order valence-electron chi connectivity index (χ4n) is 4.04. The summed E-state index contributed by atoms with van der Waals surface area (Å²) in [4.78, 5) is 13.8. The van der Waals surface area contributed by atoms with E-state index in [0.717, 1.165) is 0 Å². The summed E-state index contributed by atoms with van der Waals surface area (Å²) in [6.45, 7) is 1.92. The highest BCUT2D eigenvalue weighted by Gasteiger charge is 2.69. The van der Waals surface area contributed by atoms with Crippen LogP contribution in [0.1, 0.15) is 32.6 Å². The SMILES string of the molecule is CC1(CS(=O)(=O)c2ccc(OCC(=CF)CN)cc2)CCN(C(=O)C2(C(F)(F)F)CC2)CC1. The molecular weight excluding hydrogens is 464 g/mol. The summed E-state index contributed by atoms with van der Waals surface area (Å²) in [5, 5.41) is 0. The van der Waals surface area contributed by atoms with Crippen molar-refractivity contribution in [2.45, 2.75) is 43.7 Å². The number of likely N-dealkylation sites (tertiary alicyclic amines) is 1. The zero-order chi connectivity index (χ0) is 24.5. The van der Waals surface area contributed by atoms with E-state index in [-0.39, 0.29) is 55.3 Å². The van der Waals surface area contributed by atoms with Crippen molar-refractivity contribution < 1.29 is 35.5 Å². The highest BCUT2D eigenvalue weighted by atomic mass is 32.2. The molecule has 0 spiro atoms. The Hall–Kier alpha value is -2.14. The summed E-state index contributed by atoms with van der Waals surface area (Å²) in [6.07, 6.45) is -3.97. The van der Waals surface area contributed by atoms with Gasteiger partial charge in [-0.1, -0.05) is 6.92 Å². The van der Waals surface area contributed by atoms with Gasteiger partial charge in [-0.25, -0.2) is 12.8 Å². The third-order valence-corrected chi connectivity index (χ3v) is 8.59. The Morgan fingerprint density at radius 1 is 1.15 bits per heavy atom. The van der Waals surface area contributed by atoms with Gasteiger partial charge in [0.1, 0.15) is 17.8 Å². The molecule has 6 nitrogen and oxygen atoms in total. The van der Waals surface area contributed by atoms with Gasteiger partial charge >= 0.3 is 6.18 Å². The summed E-state index contributed by atoms with van der Waals surface area (Å²) in [7, 11) is -3.68. The molecule has 2 aliphatic rings. The van der Waals surface area contributed by atoms with Crippen molar-refractivity contribution in [3.8, 4) is 5.75 Å². The van der Waals surface area contributed by atoms with Crippen LogP contribution in [0, 0.1) is 10.8 Å². The van der Waals surface area contributed by atoms with Crippen LogP contribution in [0.4, 0.5) is 17.6 Å². The summed E-state index contributed by atoms with van der Waals surface area (Å²) in [5.74, 6) is -0.719. The van der Waals surface area contributed by atoms with Gasteiger partial charge in [-0.3, -0.25) is 4.79 Å². The van der Waals surface area contributed by atoms with E-state index in [4.69, 9.17) is 10.5 Å². The van der Waals surface area contributed by atoms with Gasteiger partial charge in [0.05, 0.1) is 17.0 Å². The van der Waals surface area contributed by atoms with Crippen LogP contribution in [-0.4, -0.2) is 57.4 Å². The molecule has 184 valence electrons. The molecular formula is C22H28F4N2O4S. The highest BCUT2D eigenvalue weighted by Crippen LogP contribution is 2.59. The standard InChI is InChI=1S/C22H28F4N2O4S/c1-20(8-10-28(11-9-20)19(29)21(6-7-21)22(24,25)26)15-33(30,31)18-4-2-17(3-5-18)32-14-16(12-23)13-27/h2-5,12H,6-11,13-15,27H2,1H3. The molecule has 0 aromatic heterocycles. The number of hydrogen-bond acceptors (Lipinski definition) is 5. The lowest BCUT2D eigenvalue weighted by molar-refractivity contribution is -0.199. The van der Waals surface area contributed by atoms with E-state index < -0.39 is 32.8 Å². The first-order valence-corrected chi connectivity index (χ1v) is 12.3. The van der Waals surface area contributed by atoms with E-state index in [0.29, 0.717) is 24.9 Å². The molecule has 1 saturated carbocycles. The Kier molecular flexibility index (Phi) is 7.14. The minimum Gasteiger partial charge on any atom is -0.489 e. The maximum absolute atomic E-state index is 13.3. The van der Waals surface area contributed by atoms with Crippen LogP contribution in [0.3, 0.4) is 0 Å². The first-order valence-electron chi connectivity index (χ1n) is 10.7. The Bertz CT molecular complexity index is 994. The van der Waals surface area contributed by atoms with Crippen molar-refractivity contribution in [3.05, 3.63) is 36.2 Å². The number of alkyl halides is 3. The van der Waals surface area contributed by atoms with Crippen LogP contribution in [0.25, 0.3) is 0 Å². The van der Waals surface area contributed by atoms with E-state index in [9.17, 15) is 30.8 Å². The van der Waals surface area contributed by atoms with Gasteiger partial charge in [0.2, 0.25) is 5.91 Å². The first kappa shape index (κ1) is 25.5. The number of benzene rings is 1. The number of hydrogen-bond donors (Lipinski definition) is 1. The van der Waals surface area contributed by atoms with Crippen molar-refractivity contribution in [3.63, 3.8) is 0 Å². The predicted octanol–water partition coefficient (Wildman–Crippen LogP) is 3.62. The Balaban J connectivity index is 1.59. The molecule has 1 amide bonds. The van der Waals surface area contributed by atoms with Crippen molar-refractivity contribution in [1.82, 2.24) is 4.90 Å². The predicted molar refractivity (Wildman–Crippen MR) is 114 cm³/mol. The maximum atomic E-state index is 13.3. The van der Waals surface area contributed by atoms with Gasteiger partial charge in [-0.05, 0) is 55.4 Å². The van der Waals surface area contributed by atoms with E-state index in [2.05, 4.69) is 0 Å². The monoisotopic (exact) mass is 492 g/mol. The number of sulfone groups is 1. The normalized spacial score (nSPS) is 20.4. The largest absolute Gasteiger partial charge is 0.489 e. The Morgan fingerprint density at radius 2 is 1.73 bits per heavy atom. The lowest BCUT2D eigenvalue weighted by Gasteiger charge is -2.40. The summed E-state index contributed by atoms with van der Waals surface area (Å²) in [6, 6.07) is 5.73. The average Bonchev–Trinajstić information content (AvgIpc) is 3.56. The number of nitrogens with two attached hydrogens (primary N) is 1. The number of rotatable bonds is 8. The summed E-state index contributed by atoms with van der Waals surface area (Å²) in [5.41, 5.74) is 2.70. The molecule has 1 aromatic carbocycles. The zero-order valence-corrected chi connectivity index (χ0v) is 19.1. The van der Waals surface area contributed by atoms with E-state index in [1.165, 1.54) is 29.2 Å². The Labute approximate surface area is 190 Å². The van der Waals surface area contributed by atoms with Gasteiger partial charge in [-0.15, -0.1) is 0 Å². The molecule has 1 heterocycles. The summed E-state index contributed by atoms with van der Waals surface area (Å²) < 4.78 is 83.6. The van der Waals surface area contributed by atoms with Gasteiger partial charge < -0.3 is 15.4 Å². The molecule has 2 N–H and O–H groups in total. The number of halogens is 4. The third kappa shape index (κ3) is 5.51. The second kappa shape index (κ2) is 9.25. The average molecular weight is 493 g/mol. The van der Waals surface area contributed by atoms with E-state index in [1.807, 2.05) is 0 Å². The zero-order valence-electron chi connectivity index (χ0n) is 18.3.